The lowest BCUT2D eigenvalue weighted by atomic mass is 9.74. The summed E-state index contributed by atoms with van der Waals surface area (Å²) in [6.07, 6.45) is 6.55. The van der Waals surface area contributed by atoms with Crippen LogP contribution in [0.4, 0.5) is 10.1 Å². The van der Waals surface area contributed by atoms with Crippen molar-refractivity contribution in [1.29, 1.82) is 0 Å². The first-order valence-electron chi connectivity index (χ1n) is 13.7. The minimum Gasteiger partial charge on any atom is -0.484 e. The quantitative estimate of drug-likeness (QED) is 0.265. The molecule has 5 aromatic rings. The van der Waals surface area contributed by atoms with Gasteiger partial charge in [0.05, 0.1) is 10.5 Å². The Morgan fingerprint density at radius 3 is 2.71 bits per heavy atom. The van der Waals surface area contributed by atoms with Gasteiger partial charge < -0.3 is 23.9 Å². The Morgan fingerprint density at radius 2 is 1.93 bits per heavy atom. The van der Waals surface area contributed by atoms with Crippen LogP contribution >= 0.6 is 11.6 Å². The van der Waals surface area contributed by atoms with Gasteiger partial charge in [0.2, 0.25) is 0 Å². The number of pyridine rings is 1. The molecule has 2 aliphatic heterocycles. The predicted molar refractivity (Wildman–Crippen MR) is 156 cm³/mol. The van der Waals surface area contributed by atoms with E-state index in [0.717, 1.165) is 27.9 Å². The van der Waals surface area contributed by atoms with Crippen molar-refractivity contribution >= 4 is 40.2 Å². The number of hydrogen-bond donors (Lipinski definition) is 1. The molecule has 5 heterocycles. The highest BCUT2D eigenvalue weighted by Crippen LogP contribution is 2.47. The fourth-order valence-corrected chi connectivity index (χ4v) is 6.26. The van der Waals surface area contributed by atoms with E-state index in [1.807, 2.05) is 35.2 Å². The molecule has 0 saturated carbocycles. The Bertz CT molecular complexity index is 1810. The number of carbonyl (C=O) groups is 2. The van der Waals surface area contributed by atoms with Crippen molar-refractivity contribution in [1.82, 2.24) is 14.9 Å². The highest BCUT2D eigenvalue weighted by Gasteiger charge is 2.47. The van der Waals surface area contributed by atoms with Crippen LogP contribution in [-0.4, -0.2) is 52.9 Å². The van der Waals surface area contributed by atoms with E-state index >= 15 is 0 Å². The Kier molecular flexibility index (Phi) is 6.46. The van der Waals surface area contributed by atoms with Gasteiger partial charge in [-0.2, -0.15) is 0 Å². The molecule has 0 bridgehead atoms. The number of rotatable bonds is 5. The number of aromatic amines is 1. The molecule has 2 aliphatic rings. The average Bonchev–Trinajstić information content (AvgIpc) is 3.70. The SMILES string of the molecule is O=C(c1cc2occ(-c3cccnc3)c2[nH]1)N1CCC2(CC1)CN(C(=O)COc1ccc(Cl)c(F)c1)c1ccccc12. The third-order valence-electron chi connectivity index (χ3n) is 8.35. The normalized spacial score (nSPS) is 15.8. The minimum absolute atomic E-state index is 0.00561. The van der Waals surface area contributed by atoms with E-state index in [9.17, 15) is 14.0 Å². The highest BCUT2D eigenvalue weighted by molar-refractivity contribution is 6.30. The number of likely N-dealkylation sites (tertiary alicyclic amines) is 1. The van der Waals surface area contributed by atoms with Gasteiger partial charge in [0.25, 0.3) is 11.8 Å². The molecular weight excluding hydrogens is 559 g/mol. The second kappa shape index (κ2) is 10.3. The van der Waals surface area contributed by atoms with Crippen LogP contribution in [0.1, 0.15) is 28.9 Å². The van der Waals surface area contributed by atoms with Crippen molar-refractivity contribution in [3.63, 3.8) is 0 Å². The molecule has 10 heteroatoms. The first-order valence-corrected chi connectivity index (χ1v) is 14.1. The molecule has 7 rings (SSSR count). The van der Waals surface area contributed by atoms with Gasteiger partial charge in [-0.25, -0.2) is 4.39 Å². The lowest BCUT2D eigenvalue weighted by Gasteiger charge is -2.39. The van der Waals surface area contributed by atoms with Crippen LogP contribution in [0.3, 0.4) is 0 Å². The van der Waals surface area contributed by atoms with Crippen LogP contribution in [0.2, 0.25) is 5.02 Å². The largest absolute Gasteiger partial charge is 0.484 e. The number of benzene rings is 2. The van der Waals surface area contributed by atoms with Gasteiger partial charge in [0.1, 0.15) is 23.5 Å². The molecule has 0 atom stereocenters. The van der Waals surface area contributed by atoms with Gasteiger partial charge in [-0.3, -0.25) is 14.6 Å². The first-order chi connectivity index (χ1) is 20.4. The van der Waals surface area contributed by atoms with E-state index in [1.165, 1.54) is 18.2 Å². The van der Waals surface area contributed by atoms with Crippen LogP contribution < -0.4 is 9.64 Å². The molecule has 3 aromatic heterocycles. The van der Waals surface area contributed by atoms with Gasteiger partial charge >= 0.3 is 0 Å². The summed E-state index contributed by atoms with van der Waals surface area (Å²) in [4.78, 5) is 37.9. The summed E-state index contributed by atoms with van der Waals surface area (Å²) in [7, 11) is 0. The standard InChI is InChI=1S/C32H26ClFN4O4/c33-24-8-7-21(14-25(24)34)41-18-29(39)38-19-32(23-5-1-2-6-27(23)38)9-12-37(13-10-32)31(40)26-15-28-30(36-26)22(17-42-28)20-4-3-11-35-16-20/h1-8,11,14-17,36H,9-10,12-13,18-19H2. The van der Waals surface area contributed by atoms with Crippen molar-refractivity contribution in [3.05, 3.63) is 101 Å². The molecule has 1 N–H and O–H groups in total. The molecule has 2 amide bonds. The van der Waals surface area contributed by atoms with Crippen molar-refractivity contribution in [2.75, 3.05) is 31.1 Å². The smallest absolute Gasteiger partial charge is 0.270 e. The fourth-order valence-electron chi connectivity index (χ4n) is 6.14. The molecule has 1 saturated heterocycles. The zero-order valence-electron chi connectivity index (χ0n) is 22.5. The minimum atomic E-state index is -0.602. The second-order valence-electron chi connectivity index (χ2n) is 10.7. The van der Waals surface area contributed by atoms with Crippen LogP contribution in [0.15, 0.2) is 83.7 Å². The molecule has 0 aliphatic carbocycles. The number of hydrogen-bond acceptors (Lipinski definition) is 5. The third kappa shape index (κ3) is 4.50. The summed E-state index contributed by atoms with van der Waals surface area (Å²) < 4.78 is 25.1. The fraction of sp³-hybridized carbons (Fsp3) is 0.219. The molecular formula is C32H26ClFN4O4. The number of para-hydroxylation sites is 1. The number of nitrogens with zero attached hydrogens (tertiary/aromatic N) is 3. The maximum absolute atomic E-state index is 13.8. The van der Waals surface area contributed by atoms with E-state index in [4.69, 9.17) is 20.8 Å². The summed E-state index contributed by atoms with van der Waals surface area (Å²) in [5.74, 6) is -0.666. The van der Waals surface area contributed by atoms with Crippen LogP contribution in [0.5, 0.6) is 5.75 Å². The highest BCUT2D eigenvalue weighted by atomic mass is 35.5. The van der Waals surface area contributed by atoms with Crippen molar-refractivity contribution < 1.29 is 23.1 Å². The molecule has 212 valence electrons. The average molecular weight is 585 g/mol. The number of fused-ring (bicyclic) bond motifs is 3. The number of piperidine rings is 1. The lowest BCUT2D eigenvalue weighted by molar-refractivity contribution is -0.120. The number of aromatic nitrogens is 2. The van der Waals surface area contributed by atoms with Crippen molar-refractivity contribution in [2.24, 2.45) is 0 Å². The summed E-state index contributed by atoms with van der Waals surface area (Å²) in [6.45, 7) is 1.36. The summed E-state index contributed by atoms with van der Waals surface area (Å²) in [5, 5.41) is -0.00561. The molecule has 0 unspecified atom stereocenters. The third-order valence-corrected chi connectivity index (χ3v) is 8.65. The van der Waals surface area contributed by atoms with Gasteiger partial charge in [-0.15, -0.1) is 0 Å². The number of furan rings is 1. The molecule has 42 heavy (non-hydrogen) atoms. The van der Waals surface area contributed by atoms with Crippen LogP contribution in [0.25, 0.3) is 22.2 Å². The van der Waals surface area contributed by atoms with E-state index in [1.54, 1.807) is 29.6 Å². The molecule has 2 aromatic carbocycles. The van der Waals surface area contributed by atoms with Gasteiger partial charge in [0, 0.05) is 66.4 Å². The summed E-state index contributed by atoms with van der Waals surface area (Å²) >= 11 is 5.75. The van der Waals surface area contributed by atoms with E-state index in [2.05, 4.69) is 16.0 Å². The van der Waals surface area contributed by atoms with Crippen molar-refractivity contribution in [3.8, 4) is 16.9 Å². The maximum Gasteiger partial charge on any atom is 0.270 e. The van der Waals surface area contributed by atoms with E-state index in [-0.39, 0.29) is 34.6 Å². The van der Waals surface area contributed by atoms with E-state index in [0.29, 0.717) is 43.8 Å². The summed E-state index contributed by atoms with van der Waals surface area (Å²) in [5.41, 5.74) is 5.29. The van der Waals surface area contributed by atoms with Gasteiger partial charge in [-0.05, 0) is 42.7 Å². The Labute approximate surface area is 245 Å². The number of H-pyrrole nitrogens is 1. The second-order valence-corrected chi connectivity index (χ2v) is 11.2. The molecule has 8 nitrogen and oxygen atoms in total. The lowest BCUT2D eigenvalue weighted by Crippen LogP contribution is -2.48. The molecule has 0 radical (unpaired) electrons. The Morgan fingerprint density at radius 1 is 1.10 bits per heavy atom. The molecule has 1 fully saturated rings. The van der Waals surface area contributed by atoms with E-state index < -0.39 is 5.82 Å². The van der Waals surface area contributed by atoms with Crippen molar-refractivity contribution in [2.45, 2.75) is 18.3 Å². The zero-order valence-corrected chi connectivity index (χ0v) is 23.2. The van der Waals surface area contributed by atoms with Crippen LogP contribution in [-0.2, 0) is 10.2 Å². The Hall–Kier alpha value is -4.63. The number of halogens is 2. The Balaban J connectivity index is 1.05. The number of ether oxygens (including phenoxy) is 1. The predicted octanol–water partition coefficient (Wildman–Crippen LogP) is 6.22. The number of anilines is 1. The number of amides is 2. The first kappa shape index (κ1) is 26.3. The zero-order chi connectivity index (χ0) is 28.8. The number of carbonyl (C=O) groups excluding carboxylic acids is 2. The molecule has 1 spiro atoms. The number of nitrogens with one attached hydrogen (secondary N) is 1. The maximum atomic E-state index is 13.8. The van der Waals surface area contributed by atoms with Crippen LogP contribution in [0, 0.1) is 5.82 Å². The monoisotopic (exact) mass is 584 g/mol. The van der Waals surface area contributed by atoms with Gasteiger partial charge in [0.15, 0.2) is 12.2 Å². The topological polar surface area (TPSA) is 91.7 Å². The summed E-state index contributed by atoms with van der Waals surface area (Å²) in [6, 6.07) is 17.5. The van der Waals surface area contributed by atoms with Gasteiger partial charge in [-0.1, -0.05) is 35.9 Å².